The lowest BCUT2D eigenvalue weighted by Crippen LogP contribution is -2.50. The second-order valence-electron chi connectivity index (χ2n) is 7.80. The SMILES string of the molecule is COC1CCCC(OC2(CNC3CC3)CCCC(C)C2)C1. The van der Waals surface area contributed by atoms with Gasteiger partial charge in [0.2, 0.25) is 0 Å². The molecule has 0 radical (unpaired) electrons. The summed E-state index contributed by atoms with van der Waals surface area (Å²) in [6, 6.07) is 0.779. The zero-order chi connectivity index (χ0) is 14.7. The maximum atomic E-state index is 6.76. The van der Waals surface area contributed by atoms with Gasteiger partial charge in [0.1, 0.15) is 0 Å². The Morgan fingerprint density at radius 3 is 2.57 bits per heavy atom. The predicted octanol–water partition coefficient (Wildman–Crippen LogP) is 3.66. The average molecular weight is 295 g/mol. The lowest BCUT2D eigenvalue weighted by atomic mass is 9.78. The van der Waals surface area contributed by atoms with Crippen molar-refractivity contribution >= 4 is 0 Å². The van der Waals surface area contributed by atoms with E-state index in [0.717, 1.165) is 24.9 Å². The summed E-state index contributed by atoms with van der Waals surface area (Å²) in [5.41, 5.74) is 0.0978. The minimum atomic E-state index is 0.0978. The molecule has 3 aliphatic carbocycles. The van der Waals surface area contributed by atoms with E-state index in [1.807, 2.05) is 7.11 Å². The molecule has 0 spiro atoms. The Labute approximate surface area is 130 Å². The molecule has 1 N–H and O–H groups in total. The normalized spacial score (nSPS) is 41.1. The van der Waals surface area contributed by atoms with Crippen molar-refractivity contribution in [3.8, 4) is 0 Å². The molecule has 21 heavy (non-hydrogen) atoms. The average Bonchev–Trinajstić information content (AvgIpc) is 3.30. The van der Waals surface area contributed by atoms with Crippen molar-refractivity contribution in [1.29, 1.82) is 0 Å². The molecule has 0 aromatic heterocycles. The zero-order valence-electron chi connectivity index (χ0n) is 13.9. The van der Waals surface area contributed by atoms with Crippen LogP contribution in [0.1, 0.15) is 71.1 Å². The summed E-state index contributed by atoms with van der Waals surface area (Å²) in [5, 5.41) is 3.75. The molecule has 0 heterocycles. The van der Waals surface area contributed by atoms with E-state index in [2.05, 4.69) is 12.2 Å². The van der Waals surface area contributed by atoms with Crippen LogP contribution in [-0.2, 0) is 9.47 Å². The van der Waals surface area contributed by atoms with Gasteiger partial charge in [-0.05, 0) is 57.3 Å². The van der Waals surface area contributed by atoms with Crippen LogP contribution in [0.2, 0.25) is 0 Å². The molecule has 4 atom stereocenters. The van der Waals surface area contributed by atoms with Crippen molar-refractivity contribution in [2.75, 3.05) is 13.7 Å². The Kier molecular flexibility index (Phi) is 5.23. The topological polar surface area (TPSA) is 30.5 Å². The summed E-state index contributed by atoms with van der Waals surface area (Å²) in [6.07, 6.45) is 13.5. The van der Waals surface area contributed by atoms with Crippen molar-refractivity contribution in [2.45, 2.75) is 95.0 Å². The molecule has 4 unspecified atom stereocenters. The van der Waals surface area contributed by atoms with Crippen LogP contribution in [0.5, 0.6) is 0 Å². The van der Waals surface area contributed by atoms with Crippen LogP contribution in [0.3, 0.4) is 0 Å². The molecule has 3 aliphatic rings. The first kappa shape index (κ1) is 15.8. The molecule has 3 saturated carbocycles. The molecule has 3 fully saturated rings. The van der Waals surface area contributed by atoms with Gasteiger partial charge in [0.15, 0.2) is 0 Å². The van der Waals surface area contributed by atoms with Crippen LogP contribution in [0.15, 0.2) is 0 Å². The van der Waals surface area contributed by atoms with Gasteiger partial charge in [-0.2, -0.15) is 0 Å². The van der Waals surface area contributed by atoms with Gasteiger partial charge in [-0.3, -0.25) is 0 Å². The van der Waals surface area contributed by atoms with Gasteiger partial charge in [-0.25, -0.2) is 0 Å². The number of nitrogens with one attached hydrogen (secondary N) is 1. The molecule has 3 rings (SSSR count). The molecule has 0 aliphatic heterocycles. The van der Waals surface area contributed by atoms with E-state index in [9.17, 15) is 0 Å². The Balaban J connectivity index is 1.60. The number of hydrogen-bond donors (Lipinski definition) is 1. The van der Waals surface area contributed by atoms with Gasteiger partial charge in [-0.1, -0.05) is 19.8 Å². The number of methoxy groups -OCH3 is 1. The fourth-order valence-electron chi connectivity index (χ4n) is 4.32. The molecule has 0 aromatic carbocycles. The van der Waals surface area contributed by atoms with Gasteiger partial charge in [0, 0.05) is 19.7 Å². The first-order valence-electron chi connectivity index (χ1n) is 9.13. The van der Waals surface area contributed by atoms with Crippen molar-refractivity contribution in [3.05, 3.63) is 0 Å². The lowest BCUT2D eigenvalue weighted by molar-refractivity contribution is -0.143. The maximum absolute atomic E-state index is 6.76. The standard InChI is InChI=1S/C18H33NO2/c1-14-5-4-10-18(12-14,13-19-15-8-9-15)21-17-7-3-6-16(11-17)20-2/h14-17,19H,3-13H2,1-2H3. The highest BCUT2D eigenvalue weighted by molar-refractivity contribution is 4.94. The summed E-state index contributed by atoms with van der Waals surface area (Å²) >= 11 is 0. The van der Waals surface area contributed by atoms with Gasteiger partial charge < -0.3 is 14.8 Å². The summed E-state index contributed by atoms with van der Waals surface area (Å²) < 4.78 is 12.3. The fraction of sp³-hybridized carbons (Fsp3) is 1.00. The van der Waals surface area contributed by atoms with E-state index in [1.165, 1.54) is 57.8 Å². The summed E-state index contributed by atoms with van der Waals surface area (Å²) in [4.78, 5) is 0. The molecular weight excluding hydrogens is 262 g/mol. The highest BCUT2D eigenvalue weighted by atomic mass is 16.5. The lowest BCUT2D eigenvalue weighted by Gasteiger charge is -2.44. The van der Waals surface area contributed by atoms with Crippen LogP contribution in [0.25, 0.3) is 0 Å². The molecule has 122 valence electrons. The van der Waals surface area contributed by atoms with Crippen molar-refractivity contribution in [2.24, 2.45) is 5.92 Å². The first-order valence-corrected chi connectivity index (χ1v) is 9.13. The minimum absolute atomic E-state index is 0.0978. The van der Waals surface area contributed by atoms with Crippen molar-refractivity contribution in [1.82, 2.24) is 5.32 Å². The quantitative estimate of drug-likeness (QED) is 0.811. The van der Waals surface area contributed by atoms with Crippen LogP contribution >= 0.6 is 0 Å². The van der Waals surface area contributed by atoms with E-state index in [0.29, 0.717) is 12.2 Å². The maximum Gasteiger partial charge on any atom is 0.0812 e. The number of hydrogen-bond acceptors (Lipinski definition) is 3. The Bertz CT molecular complexity index is 331. The smallest absolute Gasteiger partial charge is 0.0812 e. The van der Waals surface area contributed by atoms with Gasteiger partial charge >= 0.3 is 0 Å². The van der Waals surface area contributed by atoms with Crippen LogP contribution in [0, 0.1) is 5.92 Å². The van der Waals surface area contributed by atoms with Crippen molar-refractivity contribution in [3.63, 3.8) is 0 Å². The van der Waals surface area contributed by atoms with E-state index in [4.69, 9.17) is 9.47 Å². The van der Waals surface area contributed by atoms with E-state index >= 15 is 0 Å². The van der Waals surface area contributed by atoms with Crippen LogP contribution in [-0.4, -0.2) is 37.5 Å². The highest BCUT2D eigenvalue weighted by Gasteiger charge is 2.40. The minimum Gasteiger partial charge on any atom is -0.381 e. The molecule has 0 saturated heterocycles. The highest BCUT2D eigenvalue weighted by Crippen LogP contribution is 2.38. The van der Waals surface area contributed by atoms with Gasteiger partial charge in [-0.15, -0.1) is 0 Å². The van der Waals surface area contributed by atoms with Gasteiger partial charge in [0.25, 0.3) is 0 Å². The fourth-order valence-corrected chi connectivity index (χ4v) is 4.32. The molecule has 0 aromatic rings. The molecule has 0 bridgehead atoms. The third-order valence-corrected chi connectivity index (χ3v) is 5.67. The Morgan fingerprint density at radius 1 is 1.05 bits per heavy atom. The van der Waals surface area contributed by atoms with E-state index in [1.54, 1.807) is 0 Å². The third kappa shape index (κ3) is 4.43. The second kappa shape index (κ2) is 6.97. The first-order chi connectivity index (χ1) is 10.2. The monoisotopic (exact) mass is 295 g/mol. The summed E-state index contributed by atoms with van der Waals surface area (Å²) in [7, 11) is 1.85. The molecular formula is C18H33NO2. The second-order valence-corrected chi connectivity index (χ2v) is 7.80. The third-order valence-electron chi connectivity index (χ3n) is 5.67. The zero-order valence-corrected chi connectivity index (χ0v) is 13.9. The van der Waals surface area contributed by atoms with Crippen LogP contribution < -0.4 is 5.32 Å². The van der Waals surface area contributed by atoms with E-state index < -0.39 is 0 Å². The largest absolute Gasteiger partial charge is 0.381 e. The number of rotatable bonds is 6. The molecule has 3 heteroatoms. The molecule has 3 nitrogen and oxygen atoms in total. The Hall–Kier alpha value is -0.120. The Morgan fingerprint density at radius 2 is 1.86 bits per heavy atom. The van der Waals surface area contributed by atoms with Crippen molar-refractivity contribution < 1.29 is 9.47 Å². The summed E-state index contributed by atoms with van der Waals surface area (Å²) in [5.74, 6) is 0.807. The van der Waals surface area contributed by atoms with E-state index in [-0.39, 0.29) is 5.60 Å². The van der Waals surface area contributed by atoms with Crippen LogP contribution in [0.4, 0.5) is 0 Å². The predicted molar refractivity (Wildman–Crippen MR) is 85.5 cm³/mol. The van der Waals surface area contributed by atoms with Gasteiger partial charge in [0.05, 0.1) is 17.8 Å². The number of ether oxygens (including phenoxy) is 2. The summed E-state index contributed by atoms with van der Waals surface area (Å²) in [6.45, 7) is 3.46. The molecule has 0 amide bonds.